The molecule has 0 aromatic carbocycles. The highest BCUT2D eigenvalue weighted by Crippen LogP contribution is 1.87. The molecule has 3 heteroatoms. The minimum Gasteiger partial charge on any atom is -0.510 e. The van der Waals surface area contributed by atoms with Gasteiger partial charge in [0.25, 0.3) is 0 Å². The highest BCUT2D eigenvalue weighted by Gasteiger charge is 1.94. The minimum absolute atomic E-state index is 0.0962. The molecule has 0 bridgehead atoms. The average molecular weight is 221 g/mol. The molecule has 3 nitrogen and oxygen atoms in total. The quantitative estimate of drug-likeness (QED) is 0.754. The number of aliphatic hydroxyl groups is 1. The van der Waals surface area contributed by atoms with Gasteiger partial charge in [-0.3, -0.25) is 4.79 Å². The number of allylic oxidation sites excluding steroid dienone is 1. The van der Waals surface area contributed by atoms with E-state index in [1.807, 2.05) is 20.8 Å². The monoisotopic (exact) mass is 221 g/mol. The molecule has 0 fully saturated rings. The largest absolute Gasteiger partial charge is 0.510 e. The zero-order valence-corrected chi connectivity index (χ0v) is 10.3. The lowest BCUT2D eigenvalue weighted by Crippen LogP contribution is -2.36. The van der Waals surface area contributed by atoms with E-state index in [2.05, 4.69) is 11.6 Å². The van der Waals surface area contributed by atoms with Gasteiger partial charge in [0.05, 0.1) is 5.35 Å². The molecule has 1 aromatic rings. The Labute approximate surface area is 95.5 Å². The molecule has 16 heavy (non-hydrogen) atoms. The van der Waals surface area contributed by atoms with Gasteiger partial charge < -0.3 is 10.1 Å². The molecule has 0 amide bonds. The minimum atomic E-state index is -0.228. The van der Waals surface area contributed by atoms with E-state index < -0.39 is 0 Å². The van der Waals surface area contributed by atoms with Crippen LogP contribution in [-0.2, 0) is 0 Å². The molecule has 0 aliphatic heterocycles. The lowest BCUT2D eigenvalue weighted by molar-refractivity contribution is 0.495. The third-order valence-corrected chi connectivity index (χ3v) is 2.01. The average Bonchev–Trinajstić information content (AvgIpc) is 2.30. The SMILES string of the molecule is C=C/C(C)=c1/ccc(=O)[nH]/c1=C(/C)O.CC. The number of pyridine rings is 1. The first-order chi connectivity index (χ1) is 7.56. The maximum absolute atomic E-state index is 11.0. The van der Waals surface area contributed by atoms with Crippen LogP contribution < -0.4 is 16.1 Å². The topological polar surface area (TPSA) is 53.1 Å². The summed E-state index contributed by atoms with van der Waals surface area (Å²) in [5.41, 5.74) is 0.679. The molecule has 0 unspecified atom stereocenters. The second-order valence-electron chi connectivity index (χ2n) is 3.08. The zero-order chi connectivity index (χ0) is 12.7. The summed E-state index contributed by atoms with van der Waals surface area (Å²) in [6.07, 6.45) is 1.68. The lowest BCUT2D eigenvalue weighted by atomic mass is 10.2. The Morgan fingerprint density at radius 3 is 2.38 bits per heavy atom. The van der Waals surface area contributed by atoms with Crippen LogP contribution in [0.15, 0.2) is 29.6 Å². The van der Waals surface area contributed by atoms with E-state index in [4.69, 9.17) is 0 Å². The van der Waals surface area contributed by atoms with Crippen molar-refractivity contribution in [2.75, 3.05) is 0 Å². The first-order valence-corrected chi connectivity index (χ1v) is 5.29. The molecule has 2 N–H and O–H groups in total. The van der Waals surface area contributed by atoms with Crippen LogP contribution in [0, 0.1) is 0 Å². The predicted octanol–water partition coefficient (Wildman–Crippen LogP) is 1.44. The van der Waals surface area contributed by atoms with Gasteiger partial charge in [0, 0.05) is 11.3 Å². The van der Waals surface area contributed by atoms with Gasteiger partial charge in [0.1, 0.15) is 5.76 Å². The summed E-state index contributed by atoms with van der Waals surface area (Å²) in [5.74, 6) is 0.0962. The van der Waals surface area contributed by atoms with Gasteiger partial charge in [0.15, 0.2) is 0 Å². The Hall–Kier alpha value is -1.77. The molecule has 1 heterocycles. The smallest absolute Gasteiger partial charge is 0.248 e. The summed E-state index contributed by atoms with van der Waals surface area (Å²) in [4.78, 5) is 13.6. The Morgan fingerprint density at radius 2 is 1.94 bits per heavy atom. The highest BCUT2D eigenvalue weighted by atomic mass is 16.3. The van der Waals surface area contributed by atoms with Crippen molar-refractivity contribution in [3.05, 3.63) is 45.7 Å². The maximum Gasteiger partial charge on any atom is 0.248 e. The molecule has 0 aliphatic rings. The van der Waals surface area contributed by atoms with E-state index in [1.54, 1.807) is 12.1 Å². The molecule has 1 rings (SSSR count). The van der Waals surface area contributed by atoms with Gasteiger partial charge >= 0.3 is 0 Å². The summed E-state index contributed by atoms with van der Waals surface area (Å²) < 4.78 is 0. The second kappa shape index (κ2) is 6.67. The van der Waals surface area contributed by atoms with E-state index in [1.165, 1.54) is 13.0 Å². The summed E-state index contributed by atoms with van der Waals surface area (Å²) in [7, 11) is 0. The second-order valence-corrected chi connectivity index (χ2v) is 3.08. The third-order valence-electron chi connectivity index (χ3n) is 2.01. The molecule has 0 saturated heterocycles. The van der Waals surface area contributed by atoms with Gasteiger partial charge in [-0.05, 0) is 25.5 Å². The van der Waals surface area contributed by atoms with Gasteiger partial charge in [-0.15, -0.1) is 0 Å². The van der Waals surface area contributed by atoms with Gasteiger partial charge in [-0.1, -0.05) is 26.5 Å². The Kier molecular flexibility index (Phi) is 5.93. The van der Waals surface area contributed by atoms with Gasteiger partial charge in [-0.25, -0.2) is 0 Å². The molecule has 1 aromatic heterocycles. The molecular weight excluding hydrogens is 202 g/mol. The molecule has 0 aliphatic carbocycles. The first kappa shape index (κ1) is 14.2. The van der Waals surface area contributed by atoms with Crippen molar-refractivity contribution >= 4 is 11.3 Å². The van der Waals surface area contributed by atoms with Crippen LogP contribution in [-0.4, -0.2) is 10.1 Å². The number of nitrogens with one attached hydrogen (secondary N) is 1. The van der Waals surface area contributed by atoms with Crippen LogP contribution in [0.5, 0.6) is 0 Å². The van der Waals surface area contributed by atoms with Crippen LogP contribution in [0.3, 0.4) is 0 Å². The van der Waals surface area contributed by atoms with E-state index in [-0.39, 0.29) is 11.3 Å². The number of aromatic nitrogens is 1. The van der Waals surface area contributed by atoms with Crippen LogP contribution in [0.1, 0.15) is 27.7 Å². The van der Waals surface area contributed by atoms with Crippen LogP contribution in [0.25, 0.3) is 11.3 Å². The fourth-order valence-corrected chi connectivity index (χ4v) is 1.20. The van der Waals surface area contributed by atoms with Crippen molar-refractivity contribution in [2.24, 2.45) is 0 Å². The summed E-state index contributed by atoms with van der Waals surface area (Å²) >= 11 is 0. The molecular formula is C13H19NO2. The van der Waals surface area contributed by atoms with Crippen LogP contribution >= 0.6 is 0 Å². The van der Waals surface area contributed by atoms with E-state index in [0.29, 0.717) is 5.35 Å². The number of aliphatic hydroxyl groups excluding tert-OH is 1. The summed E-state index contributed by atoms with van der Waals surface area (Å²) in [6.45, 7) is 11.0. The van der Waals surface area contributed by atoms with Crippen molar-refractivity contribution in [2.45, 2.75) is 27.7 Å². The van der Waals surface area contributed by atoms with Crippen LogP contribution in [0.2, 0.25) is 0 Å². The van der Waals surface area contributed by atoms with E-state index >= 15 is 0 Å². The Balaban J connectivity index is 0.00000106. The number of hydrogen-bond donors (Lipinski definition) is 2. The number of aromatic amines is 1. The van der Waals surface area contributed by atoms with Gasteiger partial charge in [0.2, 0.25) is 5.56 Å². The third kappa shape index (κ3) is 3.42. The van der Waals surface area contributed by atoms with Crippen molar-refractivity contribution in [3.8, 4) is 0 Å². The Morgan fingerprint density at radius 1 is 1.38 bits per heavy atom. The fourth-order valence-electron chi connectivity index (χ4n) is 1.20. The summed E-state index contributed by atoms with van der Waals surface area (Å²) in [5, 5.41) is 10.6. The Bertz CT molecular complexity index is 520. The predicted molar refractivity (Wildman–Crippen MR) is 68.7 cm³/mol. The van der Waals surface area contributed by atoms with Crippen molar-refractivity contribution in [3.63, 3.8) is 0 Å². The van der Waals surface area contributed by atoms with Gasteiger partial charge in [-0.2, -0.15) is 0 Å². The zero-order valence-electron chi connectivity index (χ0n) is 10.3. The summed E-state index contributed by atoms with van der Waals surface area (Å²) in [6, 6.07) is 3.10. The molecule has 0 atom stereocenters. The van der Waals surface area contributed by atoms with E-state index in [0.717, 1.165) is 10.8 Å². The first-order valence-electron chi connectivity index (χ1n) is 5.29. The van der Waals surface area contributed by atoms with Crippen molar-refractivity contribution in [1.29, 1.82) is 0 Å². The molecule has 88 valence electrons. The molecule has 0 saturated carbocycles. The standard InChI is InChI=1S/C11H13NO2.C2H6/c1-4-7(2)9-5-6-10(14)12-11(9)8(3)13;1-2/h4-6,13H,1H2,2-3H3,(H,12,14);1-2H3/b9-7-,11-8-;. The number of rotatable bonds is 1. The number of H-pyrrole nitrogens is 1. The highest BCUT2D eigenvalue weighted by molar-refractivity contribution is 5.53. The molecule has 0 radical (unpaired) electrons. The van der Waals surface area contributed by atoms with Crippen LogP contribution in [0.4, 0.5) is 0 Å². The number of hydrogen-bond acceptors (Lipinski definition) is 2. The normalized spacial score (nSPS) is 13.2. The van der Waals surface area contributed by atoms with Crippen molar-refractivity contribution < 1.29 is 5.11 Å². The van der Waals surface area contributed by atoms with E-state index in [9.17, 15) is 9.90 Å². The fraction of sp³-hybridized carbons (Fsp3) is 0.308. The lowest BCUT2D eigenvalue weighted by Gasteiger charge is -1.95. The maximum atomic E-state index is 11.0. The van der Waals surface area contributed by atoms with Crippen molar-refractivity contribution in [1.82, 2.24) is 4.98 Å². The molecule has 0 spiro atoms.